The van der Waals surface area contributed by atoms with Crippen molar-refractivity contribution in [2.75, 3.05) is 36.4 Å². The molecule has 7 heteroatoms. The number of anilines is 2. The van der Waals surface area contributed by atoms with E-state index < -0.39 is 17.7 Å². The summed E-state index contributed by atoms with van der Waals surface area (Å²) in [4.78, 5) is 20.4. The summed E-state index contributed by atoms with van der Waals surface area (Å²) in [6, 6.07) is 8.36. The number of aryl methyl sites for hydroxylation is 1. The maximum atomic E-state index is 13.6. The predicted octanol–water partition coefficient (Wildman–Crippen LogP) is 3.02. The van der Waals surface area contributed by atoms with Gasteiger partial charge in [0.2, 0.25) is 0 Å². The van der Waals surface area contributed by atoms with Gasteiger partial charge >= 0.3 is 6.03 Å². The van der Waals surface area contributed by atoms with Gasteiger partial charge in [0.05, 0.1) is 5.69 Å². The third-order valence-corrected chi connectivity index (χ3v) is 3.93. The molecule has 2 heterocycles. The Balaban J connectivity index is 1.60. The van der Waals surface area contributed by atoms with Gasteiger partial charge in [-0.1, -0.05) is 6.07 Å². The minimum Gasteiger partial charge on any atom is -0.353 e. The monoisotopic (exact) mass is 332 g/mol. The van der Waals surface area contributed by atoms with Gasteiger partial charge in [-0.3, -0.25) is 0 Å². The standard InChI is InChI=1S/C17H18F2N4O/c1-12-3-2-4-16(20-12)22-7-9-23(10-8-22)17(24)21-15-11-13(18)5-6-14(15)19/h2-6,11H,7-10H2,1H3,(H,21,24). The summed E-state index contributed by atoms with van der Waals surface area (Å²) in [5.41, 5.74) is 0.789. The topological polar surface area (TPSA) is 48.5 Å². The van der Waals surface area contributed by atoms with E-state index in [-0.39, 0.29) is 5.69 Å². The molecule has 0 atom stereocenters. The number of pyridine rings is 1. The van der Waals surface area contributed by atoms with Crippen LogP contribution in [0.2, 0.25) is 0 Å². The summed E-state index contributed by atoms with van der Waals surface area (Å²) in [6.45, 7) is 4.17. The molecule has 0 radical (unpaired) electrons. The fourth-order valence-corrected chi connectivity index (χ4v) is 2.63. The molecule has 1 saturated heterocycles. The summed E-state index contributed by atoms with van der Waals surface area (Å²) < 4.78 is 26.8. The Bertz CT molecular complexity index is 745. The third-order valence-electron chi connectivity index (χ3n) is 3.93. The van der Waals surface area contributed by atoms with Gasteiger partial charge in [-0.2, -0.15) is 0 Å². The quantitative estimate of drug-likeness (QED) is 0.920. The summed E-state index contributed by atoms with van der Waals surface area (Å²) in [5, 5.41) is 2.42. The summed E-state index contributed by atoms with van der Waals surface area (Å²) in [5.74, 6) is -0.374. The van der Waals surface area contributed by atoms with Crippen LogP contribution in [0.15, 0.2) is 36.4 Å². The highest BCUT2D eigenvalue weighted by atomic mass is 19.1. The number of nitrogens with one attached hydrogen (secondary N) is 1. The Morgan fingerprint density at radius 1 is 1.12 bits per heavy atom. The highest BCUT2D eigenvalue weighted by Crippen LogP contribution is 2.18. The lowest BCUT2D eigenvalue weighted by atomic mass is 10.3. The molecule has 1 aliphatic rings. The summed E-state index contributed by atoms with van der Waals surface area (Å²) in [7, 11) is 0. The van der Waals surface area contributed by atoms with E-state index in [9.17, 15) is 13.6 Å². The second-order valence-corrected chi connectivity index (χ2v) is 5.67. The van der Waals surface area contributed by atoms with Crippen LogP contribution < -0.4 is 10.2 Å². The van der Waals surface area contributed by atoms with Gasteiger partial charge in [-0.15, -0.1) is 0 Å². The Morgan fingerprint density at radius 2 is 1.88 bits per heavy atom. The van der Waals surface area contributed by atoms with Gasteiger partial charge in [-0.05, 0) is 31.2 Å². The van der Waals surface area contributed by atoms with Crippen molar-refractivity contribution in [2.24, 2.45) is 0 Å². The van der Waals surface area contributed by atoms with Gasteiger partial charge in [0.25, 0.3) is 0 Å². The lowest BCUT2D eigenvalue weighted by Crippen LogP contribution is -2.50. The highest BCUT2D eigenvalue weighted by Gasteiger charge is 2.22. The number of hydrogen-bond donors (Lipinski definition) is 1. The number of aromatic nitrogens is 1. The first kappa shape index (κ1) is 16.2. The Hall–Kier alpha value is -2.70. The Morgan fingerprint density at radius 3 is 2.58 bits per heavy atom. The zero-order valence-electron chi connectivity index (χ0n) is 13.3. The third kappa shape index (κ3) is 3.61. The van der Waals surface area contributed by atoms with E-state index >= 15 is 0 Å². The molecule has 2 aromatic rings. The Kier molecular flexibility index (Phi) is 4.59. The van der Waals surface area contributed by atoms with E-state index in [1.54, 1.807) is 4.90 Å². The van der Waals surface area contributed by atoms with Crippen LogP contribution in [-0.4, -0.2) is 42.1 Å². The normalized spacial score (nSPS) is 14.6. The average Bonchev–Trinajstić information content (AvgIpc) is 2.58. The molecule has 5 nitrogen and oxygen atoms in total. The second kappa shape index (κ2) is 6.82. The molecular formula is C17H18F2N4O. The number of nitrogens with zero attached hydrogens (tertiary/aromatic N) is 3. The summed E-state index contributed by atoms with van der Waals surface area (Å²) in [6.07, 6.45) is 0. The molecule has 0 aliphatic carbocycles. The largest absolute Gasteiger partial charge is 0.353 e. The molecule has 1 aliphatic heterocycles. The molecule has 24 heavy (non-hydrogen) atoms. The first-order valence-electron chi connectivity index (χ1n) is 7.72. The van der Waals surface area contributed by atoms with Crippen LogP contribution in [0.3, 0.4) is 0 Å². The number of benzene rings is 1. The SMILES string of the molecule is Cc1cccc(N2CCN(C(=O)Nc3cc(F)ccc3F)CC2)n1. The van der Waals surface area contributed by atoms with Crippen LogP contribution in [0.5, 0.6) is 0 Å². The van der Waals surface area contributed by atoms with E-state index in [4.69, 9.17) is 0 Å². The van der Waals surface area contributed by atoms with Crippen LogP contribution >= 0.6 is 0 Å². The van der Waals surface area contributed by atoms with Crippen molar-refractivity contribution in [3.05, 3.63) is 53.7 Å². The minimum atomic E-state index is -0.660. The maximum absolute atomic E-state index is 13.6. The van der Waals surface area contributed by atoms with Crippen molar-refractivity contribution in [1.82, 2.24) is 9.88 Å². The zero-order valence-corrected chi connectivity index (χ0v) is 13.3. The number of piperazine rings is 1. The zero-order chi connectivity index (χ0) is 17.1. The molecule has 0 unspecified atom stereocenters. The molecule has 1 aromatic carbocycles. The van der Waals surface area contributed by atoms with Crippen molar-refractivity contribution in [2.45, 2.75) is 6.92 Å². The molecule has 0 saturated carbocycles. The van der Waals surface area contributed by atoms with Crippen molar-refractivity contribution < 1.29 is 13.6 Å². The molecule has 0 bridgehead atoms. The Labute approximate surface area is 138 Å². The van der Waals surface area contributed by atoms with E-state index in [0.29, 0.717) is 26.2 Å². The molecule has 126 valence electrons. The first-order chi connectivity index (χ1) is 11.5. The number of urea groups is 1. The molecule has 3 rings (SSSR count). The number of carbonyl (C=O) groups is 1. The fourth-order valence-electron chi connectivity index (χ4n) is 2.63. The number of halogens is 2. The van der Waals surface area contributed by atoms with Crippen molar-refractivity contribution in [1.29, 1.82) is 0 Å². The van der Waals surface area contributed by atoms with Crippen LogP contribution in [0.25, 0.3) is 0 Å². The fraction of sp³-hybridized carbons (Fsp3) is 0.294. The van der Waals surface area contributed by atoms with Gasteiger partial charge in [-0.25, -0.2) is 18.6 Å². The molecular weight excluding hydrogens is 314 g/mol. The number of hydrogen-bond acceptors (Lipinski definition) is 3. The van der Waals surface area contributed by atoms with Crippen molar-refractivity contribution >= 4 is 17.5 Å². The molecule has 1 fully saturated rings. The molecule has 1 aromatic heterocycles. The molecule has 1 N–H and O–H groups in total. The average molecular weight is 332 g/mol. The second-order valence-electron chi connectivity index (χ2n) is 5.67. The predicted molar refractivity (Wildman–Crippen MR) is 88.1 cm³/mol. The van der Waals surface area contributed by atoms with Crippen LogP contribution in [0, 0.1) is 18.6 Å². The van der Waals surface area contributed by atoms with Crippen LogP contribution in [0.1, 0.15) is 5.69 Å². The first-order valence-corrected chi connectivity index (χ1v) is 7.72. The van der Waals surface area contributed by atoms with E-state index in [2.05, 4.69) is 15.2 Å². The lowest BCUT2D eigenvalue weighted by molar-refractivity contribution is 0.208. The minimum absolute atomic E-state index is 0.150. The summed E-state index contributed by atoms with van der Waals surface area (Å²) >= 11 is 0. The van der Waals surface area contributed by atoms with Crippen LogP contribution in [-0.2, 0) is 0 Å². The highest BCUT2D eigenvalue weighted by molar-refractivity contribution is 5.89. The van der Waals surface area contributed by atoms with Crippen molar-refractivity contribution in [3.63, 3.8) is 0 Å². The number of carbonyl (C=O) groups excluding carboxylic acids is 1. The van der Waals surface area contributed by atoms with E-state index in [1.807, 2.05) is 25.1 Å². The van der Waals surface area contributed by atoms with Gasteiger partial charge in [0.1, 0.15) is 17.5 Å². The number of rotatable bonds is 2. The van der Waals surface area contributed by atoms with Crippen molar-refractivity contribution in [3.8, 4) is 0 Å². The van der Waals surface area contributed by atoms with E-state index in [0.717, 1.165) is 29.7 Å². The van der Waals surface area contributed by atoms with Gasteiger partial charge in [0.15, 0.2) is 0 Å². The van der Waals surface area contributed by atoms with Crippen LogP contribution in [0.4, 0.5) is 25.1 Å². The molecule has 2 amide bonds. The van der Waals surface area contributed by atoms with Gasteiger partial charge in [0, 0.05) is 37.9 Å². The van der Waals surface area contributed by atoms with Gasteiger partial charge < -0.3 is 15.1 Å². The molecule has 0 spiro atoms. The number of amides is 2. The van der Waals surface area contributed by atoms with E-state index in [1.165, 1.54) is 0 Å². The lowest BCUT2D eigenvalue weighted by Gasteiger charge is -2.35. The maximum Gasteiger partial charge on any atom is 0.322 e. The smallest absolute Gasteiger partial charge is 0.322 e.